The highest BCUT2D eigenvalue weighted by molar-refractivity contribution is 5.66. The zero-order chi connectivity index (χ0) is 15.1. The fourth-order valence-electron chi connectivity index (χ4n) is 2.02. The van der Waals surface area contributed by atoms with E-state index < -0.39 is 5.97 Å². The summed E-state index contributed by atoms with van der Waals surface area (Å²) in [5, 5.41) is 20.3. The Bertz CT molecular complexity index is 580. The Balaban J connectivity index is 1.93. The zero-order valence-corrected chi connectivity index (χ0v) is 11.9. The van der Waals surface area contributed by atoms with Crippen molar-refractivity contribution in [3.05, 3.63) is 24.3 Å². The average molecular weight is 290 g/mol. The molecule has 1 aromatic heterocycles. The molecule has 1 heterocycles. The smallest absolute Gasteiger partial charge is 0.303 e. The first-order valence-corrected chi connectivity index (χ1v) is 6.83. The van der Waals surface area contributed by atoms with E-state index in [4.69, 9.17) is 9.84 Å². The second-order valence-electron chi connectivity index (χ2n) is 4.66. The molecule has 7 nitrogen and oxygen atoms in total. The van der Waals surface area contributed by atoms with Gasteiger partial charge < -0.3 is 9.84 Å². The first kappa shape index (κ1) is 15.0. The van der Waals surface area contributed by atoms with Crippen LogP contribution in [0.1, 0.15) is 25.7 Å². The third-order valence-corrected chi connectivity index (χ3v) is 3.14. The highest BCUT2D eigenvalue weighted by Gasteiger charge is 2.08. The van der Waals surface area contributed by atoms with E-state index in [0.29, 0.717) is 18.8 Å². The molecule has 0 amide bonds. The second kappa shape index (κ2) is 7.37. The van der Waals surface area contributed by atoms with Crippen molar-refractivity contribution in [2.24, 2.45) is 0 Å². The second-order valence-corrected chi connectivity index (χ2v) is 4.66. The SMILES string of the molecule is COc1ccc(-c2nnnn2CCCCCC(=O)O)cc1. The van der Waals surface area contributed by atoms with E-state index in [1.807, 2.05) is 24.3 Å². The molecule has 0 atom stereocenters. The van der Waals surface area contributed by atoms with Crippen LogP contribution >= 0.6 is 0 Å². The predicted molar refractivity (Wildman–Crippen MR) is 75.9 cm³/mol. The molecule has 2 rings (SSSR count). The zero-order valence-electron chi connectivity index (χ0n) is 11.9. The van der Waals surface area contributed by atoms with Crippen molar-refractivity contribution >= 4 is 5.97 Å². The minimum Gasteiger partial charge on any atom is -0.497 e. The van der Waals surface area contributed by atoms with Gasteiger partial charge in [0.05, 0.1) is 7.11 Å². The van der Waals surface area contributed by atoms with Crippen molar-refractivity contribution in [3.8, 4) is 17.1 Å². The molecule has 0 unspecified atom stereocenters. The number of aliphatic carboxylic acids is 1. The number of rotatable bonds is 8. The third-order valence-electron chi connectivity index (χ3n) is 3.14. The van der Waals surface area contributed by atoms with Crippen LogP contribution < -0.4 is 4.74 Å². The van der Waals surface area contributed by atoms with Crippen molar-refractivity contribution in [3.63, 3.8) is 0 Å². The number of aryl methyl sites for hydroxylation is 1. The van der Waals surface area contributed by atoms with Crippen molar-refractivity contribution in [2.75, 3.05) is 7.11 Å². The van der Waals surface area contributed by atoms with Crippen molar-refractivity contribution in [1.29, 1.82) is 0 Å². The number of methoxy groups -OCH3 is 1. The monoisotopic (exact) mass is 290 g/mol. The van der Waals surface area contributed by atoms with Crippen molar-refractivity contribution < 1.29 is 14.6 Å². The Morgan fingerprint density at radius 3 is 2.67 bits per heavy atom. The van der Waals surface area contributed by atoms with Crippen molar-refractivity contribution in [2.45, 2.75) is 32.2 Å². The molecule has 1 aromatic carbocycles. The van der Waals surface area contributed by atoms with Gasteiger partial charge in [0.15, 0.2) is 5.82 Å². The lowest BCUT2D eigenvalue weighted by atomic mass is 10.2. The van der Waals surface area contributed by atoms with E-state index in [1.165, 1.54) is 0 Å². The van der Waals surface area contributed by atoms with Gasteiger partial charge in [-0.2, -0.15) is 0 Å². The molecule has 0 aliphatic rings. The number of nitrogens with zero attached hydrogens (tertiary/aromatic N) is 4. The van der Waals surface area contributed by atoms with E-state index in [9.17, 15) is 4.79 Å². The highest BCUT2D eigenvalue weighted by atomic mass is 16.5. The summed E-state index contributed by atoms with van der Waals surface area (Å²) in [5.41, 5.74) is 0.923. The minimum atomic E-state index is -0.753. The molecule has 7 heteroatoms. The van der Waals surface area contributed by atoms with Crippen LogP contribution in [0.2, 0.25) is 0 Å². The van der Waals surface area contributed by atoms with Crippen molar-refractivity contribution in [1.82, 2.24) is 20.2 Å². The Morgan fingerprint density at radius 2 is 2.00 bits per heavy atom. The van der Waals surface area contributed by atoms with Crippen LogP contribution in [0.25, 0.3) is 11.4 Å². The van der Waals surface area contributed by atoms with Gasteiger partial charge in [-0.15, -0.1) is 5.10 Å². The largest absolute Gasteiger partial charge is 0.497 e. The molecule has 0 saturated heterocycles. The lowest BCUT2D eigenvalue weighted by Crippen LogP contribution is -2.03. The Hall–Kier alpha value is -2.44. The Morgan fingerprint density at radius 1 is 1.24 bits per heavy atom. The summed E-state index contributed by atoms with van der Waals surface area (Å²) < 4.78 is 6.86. The highest BCUT2D eigenvalue weighted by Crippen LogP contribution is 2.20. The predicted octanol–water partition coefficient (Wildman–Crippen LogP) is 1.99. The fraction of sp³-hybridized carbons (Fsp3) is 0.429. The number of carboxylic acids is 1. The first-order chi connectivity index (χ1) is 10.2. The molecule has 0 bridgehead atoms. The molecule has 0 spiro atoms. The lowest BCUT2D eigenvalue weighted by molar-refractivity contribution is -0.137. The molecule has 0 aliphatic heterocycles. The van der Waals surface area contributed by atoms with Gasteiger partial charge in [-0.25, -0.2) is 4.68 Å². The summed E-state index contributed by atoms with van der Waals surface area (Å²) >= 11 is 0. The first-order valence-electron chi connectivity index (χ1n) is 6.83. The van der Waals surface area contributed by atoms with Crippen LogP contribution in [-0.2, 0) is 11.3 Å². The number of carboxylic acid groups (broad SMARTS) is 1. The molecular formula is C14H18N4O3. The number of aromatic nitrogens is 4. The standard InChI is InChI=1S/C14H18N4O3/c1-21-12-8-6-11(7-9-12)14-15-16-17-18(14)10-4-2-3-5-13(19)20/h6-9H,2-5,10H2,1H3,(H,19,20). The van der Waals surface area contributed by atoms with Gasteiger partial charge in [-0.05, 0) is 47.5 Å². The molecule has 0 saturated carbocycles. The van der Waals surface area contributed by atoms with E-state index in [2.05, 4.69) is 15.5 Å². The maximum atomic E-state index is 10.4. The van der Waals surface area contributed by atoms with Crippen LogP contribution in [0.15, 0.2) is 24.3 Å². The third kappa shape index (κ3) is 4.27. The van der Waals surface area contributed by atoms with Gasteiger partial charge in [0.2, 0.25) is 0 Å². The molecule has 0 fully saturated rings. The summed E-state index contributed by atoms with van der Waals surface area (Å²) in [6.07, 6.45) is 2.58. The average Bonchev–Trinajstić information content (AvgIpc) is 2.95. The van der Waals surface area contributed by atoms with Gasteiger partial charge in [-0.1, -0.05) is 6.42 Å². The van der Waals surface area contributed by atoms with Crippen LogP contribution in [0.4, 0.5) is 0 Å². The van der Waals surface area contributed by atoms with E-state index in [0.717, 1.165) is 24.2 Å². The van der Waals surface area contributed by atoms with Crippen LogP contribution in [0, 0.1) is 0 Å². The van der Waals surface area contributed by atoms with Gasteiger partial charge in [0.25, 0.3) is 0 Å². The number of unbranched alkanes of at least 4 members (excludes halogenated alkanes) is 2. The Kier molecular flexibility index (Phi) is 5.25. The van der Waals surface area contributed by atoms with Gasteiger partial charge in [0.1, 0.15) is 5.75 Å². The summed E-state index contributed by atoms with van der Waals surface area (Å²) in [5.74, 6) is 0.735. The van der Waals surface area contributed by atoms with Gasteiger partial charge in [-0.3, -0.25) is 4.79 Å². The summed E-state index contributed by atoms with van der Waals surface area (Å²) in [6.45, 7) is 0.675. The maximum Gasteiger partial charge on any atom is 0.303 e. The van der Waals surface area contributed by atoms with Gasteiger partial charge in [0, 0.05) is 18.5 Å². The molecule has 0 aliphatic carbocycles. The number of carbonyl (C=O) groups is 1. The van der Waals surface area contributed by atoms with Crippen LogP contribution in [0.5, 0.6) is 5.75 Å². The van der Waals surface area contributed by atoms with E-state index in [1.54, 1.807) is 11.8 Å². The van der Waals surface area contributed by atoms with Gasteiger partial charge >= 0.3 is 5.97 Å². The molecule has 1 N–H and O–H groups in total. The maximum absolute atomic E-state index is 10.4. The fourth-order valence-corrected chi connectivity index (χ4v) is 2.02. The molecule has 2 aromatic rings. The number of tetrazole rings is 1. The number of benzene rings is 1. The molecular weight excluding hydrogens is 272 g/mol. The van der Waals surface area contributed by atoms with Crippen LogP contribution in [0.3, 0.4) is 0 Å². The van der Waals surface area contributed by atoms with Crippen LogP contribution in [-0.4, -0.2) is 38.4 Å². The summed E-state index contributed by atoms with van der Waals surface area (Å²) in [6, 6.07) is 7.54. The lowest BCUT2D eigenvalue weighted by Gasteiger charge is -2.05. The molecule has 0 radical (unpaired) electrons. The summed E-state index contributed by atoms with van der Waals surface area (Å²) in [7, 11) is 1.62. The van der Waals surface area contributed by atoms with E-state index >= 15 is 0 Å². The molecule has 112 valence electrons. The normalized spacial score (nSPS) is 10.5. The Labute approximate surface area is 122 Å². The number of ether oxygens (including phenoxy) is 1. The molecule has 21 heavy (non-hydrogen) atoms. The number of hydrogen-bond acceptors (Lipinski definition) is 5. The number of hydrogen-bond donors (Lipinski definition) is 1. The summed E-state index contributed by atoms with van der Waals surface area (Å²) in [4.78, 5) is 10.4. The van der Waals surface area contributed by atoms with E-state index in [-0.39, 0.29) is 6.42 Å². The minimum absolute atomic E-state index is 0.209. The topological polar surface area (TPSA) is 90.1 Å². The quantitative estimate of drug-likeness (QED) is 0.748.